The molecule has 2 N–H and O–H groups in total. The monoisotopic (exact) mass is 667 g/mol. The van der Waals surface area contributed by atoms with Crippen molar-refractivity contribution in [2.45, 2.75) is 212 Å². The van der Waals surface area contributed by atoms with E-state index in [1.54, 1.807) is 0 Å². The van der Waals surface area contributed by atoms with Crippen LogP contribution in [0.3, 0.4) is 0 Å². The lowest BCUT2D eigenvalue weighted by atomic mass is 9.92. The maximum atomic E-state index is 10.4. The van der Waals surface area contributed by atoms with Gasteiger partial charge in [-0.3, -0.25) is 0 Å². The highest BCUT2D eigenvalue weighted by atomic mass is 32.1. The Hall–Kier alpha value is -0.780. The standard InChI is InChI=1S/C40H74O3S2/c1-3-5-7-9-11-13-15-17-19-21-23-25-27-29-31-33-35-40(39(42)45,37-38(41)44)43-36-34-32-30-28-26-24-22-20-18-16-14-12-10-8-6-4-2/h17-20H,3-16,21-37H2,1-2H3,(H,41,44)(H,42,45)/b19-17-,20-18-. The minimum Gasteiger partial charge on any atom is -0.502 e. The number of allylic oxidation sites excluding steroid dienone is 4. The van der Waals surface area contributed by atoms with Crippen LogP contribution in [0.5, 0.6) is 0 Å². The summed E-state index contributed by atoms with van der Waals surface area (Å²) in [5.74, 6) is 0. The maximum absolute atomic E-state index is 10.4. The van der Waals surface area contributed by atoms with Crippen molar-refractivity contribution in [2.75, 3.05) is 6.61 Å². The van der Waals surface area contributed by atoms with E-state index in [9.17, 15) is 10.2 Å². The first-order valence-corrected chi connectivity index (χ1v) is 20.2. The van der Waals surface area contributed by atoms with Crippen LogP contribution < -0.4 is 0 Å². The van der Waals surface area contributed by atoms with Crippen LogP contribution in [-0.2, 0) is 4.74 Å². The number of aliphatic hydroxyl groups excluding tert-OH is 2. The molecule has 45 heavy (non-hydrogen) atoms. The molecule has 0 radical (unpaired) electrons. The average molecular weight is 667 g/mol. The lowest BCUT2D eigenvalue weighted by Gasteiger charge is -2.31. The molecular weight excluding hydrogens is 593 g/mol. The summed E-state index contributed by atoms with van der Waals surface area (Å²) in [5.41, 5.74) is -1.02. The minimum absolute atomic E-state index is 0.106. The Morgan fingerprint density at radius 1 is 0.489 bits per heavy atom. The van der Waals surface area contributed by atoms with E-state index in [2.05, 4.69) is 38.2 Å². The van der Waals surface area contributed by atoms with Gasteiger partial charge < -0.3 is 14.9 Å². The average Bonchev–Trinajstić information content (AvgIpc) is 3.01. The van der Waals surface area contributed by atoms with Crippen LogP contribution in [0.15, 0.2) is 24.3 Å². The van der Waals surface area contributed by atoms with Gasteiger partial charge >= 0.3 is 0 Å². The molecule has 0 aromatic carbocycles. The van der Waals surface area contributed by atoms with Crippen LogP contribution >= 0.6 is 24.4 Å². The zero-order chi connectivity index (χ0) is 33.1. The number of hydrogen-bond acceptors (Lipinski definition) is 3. The third-order valence-corrected chi connectivity index (χ3v) is 9.47. The number of aliphatic hydroxyl groups is 2. The molecule has 0 fully saturated rings. The summed E-state index contributed by atoms with van der Waals surface area (Å²) < 4.78 is 6.19. The molecule has 0 saturated carbocycles. The Balaban J connectivity index is 3.95. The number of unbranched alkanes of at least 4 members (excludes halogenated alkanes) is 24. The van der Waals surface area contributed by atoms with Crippen molar-refractivity contribution in [3.8, 4) is 0 Å². The van der Waals surface area contributed by atoms with E-state index < -0.39 is 5.60 Å². The predicted molar refractivity (Wildman–Crippen MR) is 207 cm³/mol. The minimum atomic E-state index is -1.02. The first-order valence-electron chi connectivity index (χ1n) is 19.4. The predicted octanol–water partition coefficient (Wildman–Crippen LogP) is 14.4. The fourth-order valence-electron chi connectivity index (χ4n) is 5.98. The van der Waals surface area contributed by atoms with E-state index in [1.807, 2.05) is 0 Å². The van der Waals surface area contributed by atoms with E-state index in [4.69, 9.17) is 29.2 Å². The topological polar surface area (TPSA) is 49.7 Å². The Labute approximate surface area is 291 Å². The molecule has 1 atom stereocenters. The molecule has 0 rings (SSSR count). The number of rotatable bonds is 36. The van der Waals surface area contributed by atoms with Gasteiger partial charge in [0.2, 0.25) is 0 Å². The lowest BCUT2D eigenvalue weighted by molar-refractivity contribution is -0.00804. The zero-order valence-electron chi connectivity index (χ0n) is 29.8. The van der Waals surface area contributed by atoms with Gasteiger partial charge in [0, 0.05) is 6.61 Å². The Morgan fingerprint density at radius 3 is 1.18 bits per heavy atom. The molecule has 3 nitrogen and oxygen atoms in total. The summed E-state index contributed by atoms with van der Waals surface area (Å²) >= 11 is 10.2. The molecule has 0 aliphatic carbocycles. The number of ether oxygens (including phenoxy) is 1. The SMILES string of the molecule is CCCCCCCC/C=C\CCCCCCCCOC(CCCCCCCC/C=C\CCCCCCCC)(CC(O)=S)C(O)=S. The summed E-state index contributed by atoms with van der Waals surface area (Å²) in [7, 11) is 0. The summed E-state index contributed by atoms with van der Waals surface area (Å²) in [6, 6.07) is 0. The molecule has 0 aliphatic heterocycles. The van der Waals surface area contributed by atoms with Crippen LogP contribution in [0.2, 0.25) is 0 Å². The molecule has 0 aromatic rings. The Kier molecular flexibility index (Phi) is 34.0. The van der Waals surface area contributed by atoms with Crippen LogP contribution in [0.1, 0.15) is 206 Å². The molecule has 0 saturated heterocycles. The fourth-order valence-corrected chi connectivity index (χ4v) is 6.44. The number of hydrogen-bond donors (Lipinski definition) is 2. The molecule has 0 aromatic heterocycles. The van der Waals surface area contributed by atoms with E-state index in [1.165, 1.54) is 154 Å². The summed E-state index contributed by atoms with van der Waals surface area (Å²) in [4.78, 5) is 0. The molecule has 0 heterocycles. The first-order chi connectivity index (χ1) is 22.0. The largest absolute Gasteiger partial charge is 0.502 e. The molecular formula is C40H74O3S2. The van der Waals surface area contributed by atoms with E-state index in [0.29, 0.717) is 13.0 Å². The summed E-state index contributed by atoms with van der Waals surface area (Å²) in [5, 5.41) is 20.0. The van der Waals surface area contributed by atoms with Crippen molar-refractivity contribution in [2.24, 2.45) is 0 Å². The molecule has 0 spiro atoms. The van der Waals surface area contributed by atoms with E-state index in [-0.39, 0.29) is 16.5 Å². The van der Waals surface area contributed by atoms with Crippen LogP contribution in [0.4, 0.5) is 0 Å². The van der Waals surface area contributed by atoms with Crippen molar-refractivity contribution < 1.29 is 14.9 Å². The lowest BCUT2D eigenvalue weighted by Crippen LogP contribution is -2.42. The fraction of sp³-hybridized carbons (Fsp3) is 0.850. The Bertz CT molecular complexity index is 720. The van der Waals surface area contributed by atoms with Gasteiger partial charge in [-0.05, 0) is 88.6 Å². The van der Waals surface area contributed by atoms with Gasteiger partial charge in [0.05, 0.1) is 6.42 Å². The van der Waals surface area contributed by atoms with Crippen LogP contribution in [-0.4, -0.2) is 32.5 Å². The van der Waals surface area contributed by atoms with Crippen molar-refractivity contribution in [3.63, 3.8) is 0 Å². The second-order valence-corrected chi connectivity index (χ2v) is 14.2. The Morgan fingerprint density at radius 2 is 0.822 bits per heavy atom. The normalized spacial score (nSPS) is 13.2. The van der Waals surface area contributed by atoms with Crippen LogP contribution in [0, 0.1) is 0 Å². The van der Waals surface area contributed by atoms with Crippen LogP contribution in [0.25, 0.3) is 0 Å². The second kappa shape index (κ2) is 34.6. The van der Waals surface area contributed by atoms with Crippen molar-refractivity contribution >= 4 is 34.5 Å². The third-order valence-electron chi connectivity index (χ3n) is 8.95. The summed E-state index contributed by atoms with van der Waals surface area (Å²) in [6.45, 7) is 5.08. The molecule has 5 heteroatoms. The molecule has 264 valence electrons. The smallest absolute Gasteiger partial charge is 0.190 e. The molecule has 1 unspecified atom stereocenters. The highest BCUT2D eigenvalue weighted by Crippen LogP contribution is 2.27. The molecule has 0 bridgehead atoms. The highest BCUT2D eigenvalue weighted by molar-refractivity contribution is 7.80. The van der Waals surface area contributed by atoms with Gasteiger partial charge in [-0.15, -0.1) is 0 Å². The van der Waals surface area contributed by atoms with Gasteiger partial charge in [-0.2, -0.15) is 0 Å². The quantitative estimate of drug-likeness (QED) is 0.0396. The molecule has 0 aliphatic rings. The van der Waals surface area contributed by atoms with Gasteiger partial charge in [-0.25, -0.2) is 0 Å². The van der Waals surface area contributed by atoms with Crippen molar-refractivity contribution in [1.29, 1.82) is 0 Å². The van der Waals surface area contributed by atoms with Crippen molar-refractivity contribution in [1.82, 2.24) is 0 Å². The first kappa shape index (κ1) is 44.2. The highest BCUT2D eigenvalue weighted by Gasteiger charge is 2.37. The van der Waals surface area contributed by atoms with Crippen molar-refractivity contribution in [3.05, 3.63) is 24.3 Å². The second-order valence-electron chi connectivity index (χ2n) is 13.3. The van der Waals surface area contributed by atoms with Gasteiger partial charge in [0.15, 0.2) is 10.1 Å². The summed E-state index contributed by atoms with van der Waals surface area (Å²) in [6.07, 6.45) is 45.5. The van der Waals surface area contributed by atoms with Gasteiger partial charge in [0.25, 0.3) is 0 Å². The zero-order valence-corrected chi connectivity index (χ0v) is 31.5. The van der Waals surface area contributed by atoms with Gasteiger partial charge in [-0.1, -0.05) is 160 Å². The van der Waals surface area contributed by atoms with Gasteiger partial charge in [0.1, 0.15) is 5.60 Å². The van der Waals surface area contributed by atoms with E-state index >= 15 is 0 Å². The molecule has 0 amide bonds. The van der Waals surface area contributed by atoms with E-state index in [0.717, 1.165) is 25.7 Å². The number of thiocarbonyl (C=S) groups is 2. The third kappa shape index (κ3) is 30.3. The maximum Gasteiger partial charge on any atom is 0.190 e.